The van der Waals surface area contributed by atoms with E-state index in [0.29, 0.717) is 0 Å². The van der Waals surface area contributed by atoms with E-state index in [-0.39, 0.29) is 0 Å². The zero-order chi connectivity index (χ0) is 17.1. The summed E-state index contributed by atoms with van der Waals surface area (Å²) in [7, 11) is 3.42. The minimum Gasteiger partial charge on any atom is -0.497 e. The van der Waals surface area contributed by atoms with Crippen LogP contribution in [0, 0.1) is 13.8 Å². The van der Waals surface area contributed by atoms with Crippen LogP contribution in [0.25, 0.3) is 0 Å². The highest BCUT2D eigenvalue weighted by Crippen LogP contribution is 2.28. The summed E-state index contributed by atoms with van der Waals surface area (Å²) in [5.74, 6) is 1.79. The second-order valence-electron chi connectivity index (χ2n) is 6.08. The van der Waals surface area contributed by atoms with Gasteiger partial charge in [-0.1, -0.05) is 0 Å². The van der Waals surface area contributed by atoms with Crippen LogP contribution in [-0.4, -0.2) is 50.3 Å². The van der Waals surface area contributed by atoms with Gasteiger partial charge < -0.3 is 14.4 Å². The van der Waals surface area contributed by atoms with Crippen molar-refractivity contribution in [2.75, 3.05) is 45.3 Å². The topological polar surface area (TPSA) is 37.8 Å². The van der Waals surface area contributed by atoms with Gasteiger partial charge in [0, 0.05) is 43.2 Å². The number of hydrogen-bond donors (Lipinski definition) is 0. The van der Waals surface area contributed by atoms with Gasteiger partial charge in [-0.05, 0) is 32.0 Å². The fourth-order valence-electron chi connectivity index (χ4n) is 2.93. The van der Waals surface area contributed by atoms with Gasteiger partial charge in [-0.2, -0.15) is 0 Å². The van der Waals surface area contributed by atoms with E-state index in [4.69, 9.17) is 9.47 Å². The molecule has 1 fully saturated rings. The van der Waals surface area contributed by atoms with Crippen molar-refractivity contribution in [1.29, 1.82) is 0 Å². The first-order valence-electron chi connectivity index (χ1n) is 8.23. The Morgan fingerprint density at radius 2 is 1.83 bits per heavy atom. The van der Waals surface area contributed by atoms with E-state index in [9.17, 15) is 0 Å². The predicted octanol–water partition coefficient (Wildman–Crippen LogP) is 3.10. The number of anilines is 1. The van der Waals surface area contributed by atoms with E-state index >= 15 is 0 Å². The molecule has 0 spiro atoms. The van der Waals surface area contributed by atoms with Crippen molar-refractivity contribution in [3.8, 4) is 11.5 Å². The van der Waals surface area contributed by atoms with Crippen LogP contribution in [0.4, 0.5) is 5.13 Å². The molecule has 3 rings (SSSR count). The van der Waals surface area contributed by atoms with Crippen LogP contribution in [-0.2, 0) is 6.54 Å². The van der Waals surface area contributed by atoms with Crippen LogP contribution < -0.4 is 14.4 Å². The van der Waals surface area contributed by atoms with Crippen molar-refractivity contribution in [3.63, 3.8) is 0 Å². The molecule has 1 aliphatic heterocycles. The lowest BCUT2D eigenvalue weighted by molar-refractivity contribution is 0.245. The SMILES string of the molecule is COc1ccc(OC)c(CN2CCN(c3nc(C)c(C)s3)CC2)c1. The second kappa shape index (κ2) is 7.40. The van der Waals surface area contributed by atoms with Crippen LogP contribution in [0.2, 0.25) is 0 Å². The molecule has 0 radical (unpaired) electrons. The molecule has 1 aromatic heterocycles. The Balaban J connectivity index is 1.63. The summed E-state index contributed by atoms with van der Waals surface area (Å²) in [5.41, 5.74) is 2.32. The van der Waals surface area contributed by atoms with Crippen LogP contribution in [0.1, 0.15) is 16.1 Å². The predicted molar refractivity (Wildman–Crippen MR) is 98.6 cm³/mol. The molecule has 0 N–H and O–H groups in total. The monoisotopic (exact) mass is 347 g/mol. The Morgan fingerprint density at radius 3 is 2.42 bits per heavy atom. The molecule has 0 unspecified atom stereocenters. The maximum absolute atomic E-state index is 5.49. The van der Waals surface area contributed by atoms with Gasteiger partial charge in [0.25, 0.3) is 0 Å². The molecule has 1 saturated heterocycles. The Morgan fingerprint density at radius 1 is 1.08 bits per heavy atom. The Bertz CT molecular complexity index is 674. The molecule has 24 heavy (non-hydrogen) atoms. The fraction of sp³-hybridized carbons (Fsp3) is 0.500. The van der Waals surface area contributed by atoms with Gasteiger partial charge in [0.05, 0.1) is 19.9 Å². The van der Waals surface area contributed by atoms with Gasteiger partial charge in [-0.3, -0.25) is 4.90 Å². The number of aryl methyl sites for hydroxylation is 2. The summed E-state index contributed by atoms with van der Waals surface area (Å²) in [5, 5.41) is 1.16. The van der Waals surface area contributed by atoms with E-state index in [0.717, 1.165) is 55.0 Å². The Kier molecular flexibility index (Phi) is 5.26. The normalized spacial score (nSPS) is 15.6. The highest BCUT2D eigenvalue weighted by Gasteiger charge is 2.21. The van der Waals surface area contributed by atoms with Crippen molar-refractivity contribution in [2.24, 2.45) is 0 Å². The van der Waals surface area contributed by atoms with Crippen LogP contribution >= 0.6 is 11.3 Å². The van der Waals surface area contributed by atoms with Crippen molar-refractivity contribution in [3.05, 3.63) is 34.3 Å². The van der Waals surface area contributed by atoms with Gasteiger partial charge in [0.15, 0.2) is 5.13 Å². The van der Waals surface area contributed by atoms with E-state index in [1.807, 2.05) is 12.1 Å². The van der Waals surface area contributed by atoms with Gasteiger partial charge in [-0.25, -0.2) is 4.98 Å². The molecule has 2 aromatic rings. The van der Waals surface area contributed by atoms with E-state index in [1.54, 1.807) is 25.6 Å². The fourth-order valence-corrected chi connectivity index (χ4v) is 3.90. The van der Waals surface area contributed by atoms with E-state index in [2.05, 4.69) is 34.7 Å². The molecule has 1 aliphatic rings. The molecule has 130 valence electrons. The molecule has 0 bridgehead atoms. The molecule has 1 aromatic carbocycles. The minimum atomic E-state index is 0.873. The zero-order valence-electron chi connectivity index (χ0n) is 14.8. The number of ether oxygens (including phenoxy) is 2. The third kappa shape index (κ3) is 3.65. The lowest BCUT2D eigenvalue weighted by atomic mass is 10.1. The van der Waals surface area contributed by atoms with Gasteiger partial charge in [-0.15, -0.1) is 11.3 Å². The minimum absolute atomic E-state index is 0.873. The number of piperazine rings is 1. The molecule has 0 aliphatic carbocycles. The first-order chi connectivity index (χ1) is 11.6. The number of methoxy groups -OCH3 is 2. The summed E-state index contributed by atoms with van der Waals surface area (Å²) < 4.78 is 10.8. The summed E-state index contributed by atoms with van der Waals surface area (Å²) in [6.45, 7) is 9.18. The Hall–Kier alpha value is -1.79. The molecule has 5 nitrogen and oxygen atoms in total. The van der Waals surface area contributed by atoms with Crippen molar-refractivity contribution < 1.29 is 9.47 Å². The smallest absolute Gasteiger partial charge is 0.185 e. The summed E-state index contributed by atoms with van der Waals surface area (Å²) in [6.07, 6.45) is 0. The van der Waals surface area contributed by atoms with Crippen LogP contribution in [0.3, 0.4) is 0 Å². The standard InChI is InChI=1S/C18H25N3O2S/c1-13-14(2)24-18(19-13)21-9-7-20(8-10-21)12-15-11-16(22-3)5-6-17(15)23-4/h5-6,11H,7-10,12H2,1-4H3. The highest BCUT2D eigenvalue weighted by atomic mass is 32.1. The number of nitrogens with zero attached hydrogens (tertiary/aromatic N) is 3. The largest absolute Gasteiger partial charge is 0.497 e. The molecular weight excluding hydrogens is 322 g/mol. The number of hydrogen-bond acceptors (Lipinski definition) is 6. The molecule has 0 atom stereocenters. The number of benzene rings is 1. The summed E-state index contributed by atoms with van der Waals surface area (Å²) in [4.78, 5) is 10.8. The van der Waals surface area contributed by atoms with Gasteiger partial charge >= 0.3 is 0 Å². The molecule has 6 heteroatoms. The summed E-state index contributed by atoms with van der Waals surface area (Å²) >= 11 is 1.80. The van der Waals surface area contributed by atoms with Crippen molar-refractivity contribution in [2.45, 2.75) is 20.4 Å². The van der Waals surface area contributed by atoms with Gasteiger partial charge in [0.2, 0.25) is 0 Å². The average molecular weight is 347 g/mol. The maximum atomic E-state index is 5.49. The lowest BCUT2D eigenvalue weighted by Crippen LogP contribution is -2.46. The molecular formula is C18H25N3O2S. The first-order valence-corrected chi connectivity index (χ1v) is 9.04. The third-order valence-corrected chi connectivity index (χ3v) is 5.68. The molecule has 2 heterocycles. The highest BCUT2D eigenvalue weighted by molar-refractivity contribution is 7.15. The second-order valence-corrected chi connectivity index (χ2v) is 7.26. The van der Waals surface area contributed by atoms with Crippen LogP contribution in [0.5, 0.6) is 11.5 Å². The van der Waals surface area contributed by atoms with Gasteiger partial charge in [0.1, 0.15) is 11.5 Å². The Labute approximate surface area is 147 Å². The van der Waals surface area contributed by atoms with E-state index < -0.39 is 0 Å². The van der Waals surface area contributed by atoms with Crippen molar-refractivity contribution >= 4 is 16.5 Å². The first kappa shape index (κ1) is 17.0. The van der Waals surface area contributed by atoms with Crippen LogP contribution in [0.15, 0.2) is 18.2 Å². The number of aromatic nitrogens is 1. The van der Waals surface area contributed by atoms with Crippen molar-refractivity contribution in [1.82, 2.24) is 9.88 Å². The number of thiazole rings is 1. The number of rotatable bonds is 5. The molecule has 0 amide bonds. The summed E-state index contributed by atoms with van der Waals surface area (Å²) in [6, 6.07) is 5.98. The quantitative estimate of drug-likeness (QED) is 0.831. The van der Waals surface area contributed by atoms with E-state index in [1.165, 1.54) is 10.4 Å². The molecule has 0 saturated carbocycles. The third-order valence-electron chi connectivity index (χ3n) is 4.54. The maximum Gasteiger partial charge on any atom is 0.185 e. The zero-order valence-corrected chi connectivity index (χ0v) is 15.7. The lowest BCUT2D eigenvalue weighted by Gasteiger charge is -2.34. The average Bonchev–Trinajstić information content (AvgIpc) is 2.94.